The SMILES string of the molecule is O=C(NCc1ccco1)c1cc(-c2ccccc2F)nn1-c1ccc([N+](=O)[O-])cc1. The maximum atomic E-state index is 14.3. The lowest BCUT2D eigenvalue weighted by molar-refractivity contribution is -0.384. The van der Waals surface area contributed by atoms with Gasteiger partial charge in [-0.2, -0.15) is 5.10 Å². The summed E-state index contributed by atoms with van der Waals surface area (Å²) in [6.07, 6.45) is 1.50. The third-order valence-corrected chi connectivity index (χ3v) is 4.40. The lowest BCUT2D eigenvalue weighted by atomic mass is 10.1. The number of halogens is 1. The summed E-state index contributed by atoms with van der Waals surface area (Å²) in [4.78, 5) is 23.2. The van der Waals surface area contributed by atoms with E-state index < -0.39 is 16.6 Å². The number of hydrogen-bond acceptors (Lipinski definition) is 5. The molecule has 0 saturated heterocycles. The molecule has 9 heteroatoms. The molecule has 0 atom stereocenters. The zero-order valence-electron chi connectivity index (χ0n) is 15.5. The van der Waals surface area contributed by atoms with E-state index in [0.29, 0.717) is 11.4 Å². The van der Waals surface area contributed by atoms with Crippen LogP contribution in [0.1, 0.15) is 16.2 Å². The summed E-state index contributed by atoms with van der Waals surface area (Å²) in [6, 6.07) is 16.5. The van der Waals surface area contributed by atoms with Gasteiger partial charge in [0, 0.05) is 17.7 Å². The maximum Gasteiger partial charge on any atom is 0.270 e. The van der Waals surface area contributed by atoms with E-state index in [2.05, 4.69) is 10.4 Å². The first kappa shape index (κ1) is 19.1. The van der Waals surface area contributed by atoms with Crippen molar-refractivity contribution in [2.75, 3.05) is 0 Å². The topological polar surface area (TPSA) is 103 Å². The van der Waals surface area contributed by atoms with E-state index in [1.54, 1.807) is 30.3 Å². The van der Waals surface area contributed by atoms with Crippen molar-refractivity contribution in [2.45, 2.75) is 6.54 Å². The van der Waals surface area contributed by atoms with Gasteiger partial charge in [0.2, 0.25) is 0 Å². The average molecular weight is 406 g/mol. The molecule has 1 amide bonds. The average Bonchev–Trinajstić information content (AvgIpc) is 3.42. The molecule has 0 spiro atoms. The van der Waals surface area contributed by atoms with Crippen LogP contribution in [0, 0.1) is 15.9 Å². The van der Waals surface area contributed by atoms with Crippen molar-refractivity contribution in [3.8, 4) is 16.9 Å². The van der Waals surface area contributed by atoms with Crippen LogP contribution in [0.4, 0.5) is 10.1 Å². The van der Waals surface area contributed by atoms with Gasteiger partial charge in [-0.05, 0) is 42.5 Å². The number of nitro groups is 1. The summed E-state index contributed by atoms with van der Waals surface area (Å²) in [5.74, 6) is -0.368. The number of aromatic nitrogens is 2. The highest BCUT2D eigenvalue weighted by Crippen LogP contribution is 2.25. The molecule has 8 nitrogen and oxygen atoms in total. The Balaban J connectivity index is 1.73. The molecular formula is C21H15FN4O4. The number of nitrogens with one attached hydrogen (secondary N) is 1. The summed E-state index contributed by atoms with van der Waals surface area (Å²) in [5, 5.41) is 18.0. The Hall–Kier alpha value is -4.27. The molecule has 0 aliphatic heterocycles. The monoisotopic (exact) mass is 406 g/mol. The minimum Gasteiger partial charge on any atom is -0.467 e. The highest BCUT2D eigenvalue weighted by atomic mass is 19.1. The Bertz CT molecular complexity index is 1200. The van der Waals surface area contributed by atoms with Gasteiger partial charge in [0.15, 0.2) is 0 Å². The standard InChI is InChI=1S/C21H15FN4O4/c22-18-6-2-1-5-17(18)19-12-20(21(27)23-13-16-4-3-11-30-16)25(24-19)14-7-9-15(10-8-14)26(28)29/h1-12H,13H2,(H,23,27). The molecule has 0 radical (unpaired) electrons. The van der Waals surface area contributed by atoms with Gasteiger partial charge in [-0.25, -0.2) is 9.07 Å². The van der Waals surface area contributed by atoms with Gasteiger partial charge in [0.05, 0.1) is 29.1 Å². The van der Waals surface area contributed by atoms with E-state index in [1.165, 1.54) is 47.3 Å². The fourth-order valence-corrected chi connectivity index (χ4v) is 2.93. The van der Waals surface area contributed by atoms with Crippen molar-refractivity contribution in [3.63, 3.8) is 0 Å². The van der Waals surface area contributed by atoms with Crippen LogP contribution < -0.4 is 5.32 Å². The fraction of sp³-hybridized carbons (Fsp3) is 0.0476. The van der Waals surface area contributed by atoms with E-state index in [1.807, 2.05) is 0 Å². The zero-order chi connectivity index (χ0) is 21.1. The van der Waals surface area contributed by atoms with Gasteiger partial charge in [-0.15, -0.1) is 0 Å². The fourth-order valence-electron chi connectivity index (χ4n) is 2.93. The van der Waals surface area contributed by atoms with Crippen molar-refractivity contribution < 1.29 is 18.5 Å². The van der Waals surface area contributed by atoms with Crippen LogP contribution in [0.2, 0.25) is 0 Å². The minimum absolute atomic E-state index is 0.0935. The molecule has 0 aliphatic rings. The summed E-state index contributed by atoms with van der Waals surface area (Å²) < 4.78 is 20.8. The number of nitrogens with zero attached hydrogens (tertiary/aromatic N) is 3. The molecule has 1 N–H and O–H groups in total. The Labute approximate surface area is 169 Å². The van der Waals surface area contributed by atoms with Crippen molar-refractivity contribution in [1.29, 1.82) is 0 Å². The number of benzene rings is 2. The summed E-state index contributed by atoms with van der Waals surface area (Å²) in [7, 11) is 0. The lowest BCUT2D eigenvalue weighted by Gasteiger charge is -2.07. The van der Waals surface area contributed by atoms with Crippen molar-refractivity contribution in [1.82, 2.24) is 15.1 Å². The van der Waals surface area contributed by atoms with E-state index in [-0.39, 0.29) is 29.2 Å². The highest BCUT2D eigenvalue weighted by molar-refractivity contribution is 5.94. The molecule has 150 valence electrons. The molecule has 0 fully saturated rings. The maximum absolute atomic E-state index is 14.3. The van der Waals surface area contributed by atoms with Crippen molar-refractivity contribution in [3.05, 3.63) is 100 Å². The molecule has 0 saturated carbocycles. The molecule has 4 rings (SSSR count). The molecule has 2 heterocycles. The molecule has 0 bridgehead atoms. The van der Waals surface area contributed by atoms with Gasteiger partial charge in [-0.1, -0.05) is 12.1 Å². The van der Waals surface area contributed by atoms with Gasteiger partial charge >= 0.3 is 0 Å². The van der Waals surface area contributed by atoms with E-state index >= 15 is 0 Å². The van der Waals surface area contributed by atoms with Crippen LogP contribution >= 0.6 is 0 Å². The Morgan fingerprint density at radius 2 is 1.90 bits per heavy atom. The number of carbonyl (C=O) groups is 1. The third-order valence-electron chi connectivity index (χ3n) is 4.40. The first-order valence-corrected chi connectivity index (χ1v) is 8.93. The van der Waals surface area contributed by atoms with Crippen LogP contribution in [0.5, 0.6) is 0 Å². The largest absolute Gasteiger partial charge is 0.467 e. The number of nitro benzene ring substituents is 1. The van der Waals surface area contributed by atoms with Crippen molar-refractivity contribution in [2.24, 2.45) is 0 Å². The second kappa shape index (κ2) is 8.00. The predicted octanol–water partition coefficient (Wildman–Crippen LogP) is 4.11. The Morgan fingerprint density at radius 1 is 1.13 bits per heavy atom. The second-order valence-electron chi connectivity index (χ2n) is 6.34. The number of carbonyl (C=O) groups excluding carboxylic acids is 1. The predicted molar refractivity (Wildman–Crippen MR) is 105 cm³/mol. The number of rotatable bonds is 6. The van der Waals surface area contributed by atoms with Crippen LogP contribution in [-0.2, 0) is 6.54 Å². The molecule has 2 aromatic heterocycles. The third kappa shape index (κ3) is 3.81. The minimum atomic E-state index is -0.519. The summed E-state index contributed by atoms with van der Waals surface area (Å²) in [6.45, 7) is 0.159. The van der Waals surface area contributed by atoms with Crippen LogP contribution in [0.3, 0.4) is 0 Å². The van der Waals surface area contributed by atoms with Crippen LogP contribution in [0.25, 0.3) is 16.9 Å². The molecule has 30 heavy (non-hydrogen) atoms. The van der Waals surface area contributed by atoms with Crippen LogP contribution in [-0.4, -0.2) is 20.6 Å². The van der Waals surface area contributed by atoms with Crippen LogP contribution in [0.15, 0.2) is 77.4 Å². The number of hydrogen-bond donors (Lipinski definition) is 1. The Kier molecular flexibility index (Phi) is 5.08. The smallest absolute Gasteiger partial charge is 0.270 e. The Morgan fingerprint density at radius 3 is 2.57 bits per heavy atom. The van der Waals surface area contributed by atoms with Gasteiger partial charge in [0.1, 0.15) is 17.3 Å². The number of furan rings is 1. The number of amides is 1. The first-order chi connectivity index (χ1) is 14.5. The molecular weight excluding hydrogens is 391 g/mol. The number of non-ortho nitro benzene ring substituents is 1. The van der Waals surface area contributed by atoms with Gasteiger partial charge in [-0.3, -0.25) is 14.9 Å². The van der Waals surface area contributed by atoms with E-state index in [0.717, 1.165) is 0 Å². The van der Waals surface area contributed by atoms with E-state index in [9.17, 15) is 19.3 Å². The van der Waals surface area contributed by atoms with Crippen molar-refractivity contribution >= 4 is 11.6 Å². The normalized spacial score (nSPS) is 10.7. The van der Waals surface area contributed by atoms with Gasteiger partial charge < -0.3 is 9.73 Å². The summed E-state index contributed by atoms with van der Waals surface area (Å²) >= 11 is 0. The quantitative estimate of drug-likeness (QED) is 0.383. The summed E-state index contributed by atoms with van der Waals surface area (Å²) in [5.41, 5.74) is 0.969. The molecule has 0 unspecified atom stereocenters. The molecule has 0 aliphatic carbocycles. The lowest BCUT2D eigenvalue weighted by Crippen LogP contribution is -2.25. The molecule has 2 aromatic carbocycles. The van der Waals surface area contributed by atoms with E-state index in [4.69, 9.17) is 4.42 Å². The molecule has 4 aromatic rings. The first-order valence-electron chi connectivity index (χ1n) is 8.93. The van der Waals surface area contributed by atoms with Gasteiger partial charge in [0.25, 0.3) is 11.6 Å². The second-order valence-corrected chi connectivity index (χ2v) is 6.34. The zero-order valence-corrected chi connectivity index (χ0v) is 15.5. The highest BCUT2D eigenvalue weighted by Gasteiger charge is 2.20.